The Morgan fingerprint density at radius 3 is 2.57 bits per heavy atom. The molecule has 30 heavy (non-hydrogen) atoms. The normalized spacial score (nSPS) is 18.7. The SMILES string of the molecule is CCOc1ccc(/C=C2\SC(=S)N(CC(=O)OC3CCCCC3)C2=O)cc1OCC. The molecule has 0 aromatic heterocycles. The molecular formula is C22H27NO5S2. The van der Waals surface area contributed by atoms with Gasteiger partial charge in [-0.15, -0.1) is 0 Å². The summed E-state index contributed by atoms with van der Waals surface area (Å²) in [6.45, 7) is 4.71. The molecule has 0 spiro atoms. The van der Waals surface area contributed by atoms with Gasteiger partial charge in [-0.3, -0.25) is 14.5 Å². The highest BCUT2D eigenvalue weighted by molar-refractivity contribution is 8.26. The zero-order valence-electron chi connectivity index (χ0n) is 17.3. The summed E-state index contributed by atoms with van der Waals surface area (Å²) in [6, 6.07) is 5.51. The van der Waals surface area contributed by atoms with Crippen LogP contribution in [0.2, 0.25) is 0 Å². The van der Waals surface area contributed by atoms with E-state index in [1.807, 2.05) is 32.0 Å². The Bertz CT molecular complexity index is 833. The second kappa shape index (κ2) is 10.8. The summed E-state index contributed by atoms with van der Waals surface area (Å²) in [7, 11) is 0. The Balaban J connectivity index is 1.68. The first kappa shape index (κ1) is 22.6. The quantitative estimate of drug-likeness (QED) is 0.327. The first-order valence-corrected chi connectivity index (χ1v) is 11.6. The molecule has 2 aliphatic rings. The highest BCUT2D eigenvalue weighted by atomic mass is 32.2. The molecule has 1 aromatic rings. The fourth-order valence-corrected chi connectivity index (χ4v) is 4.74. The summed E-state index contributed by atoms with van der Waals surface area (Å²) in [4.78, 5) is 26.9. The number of benzene rings is 1. The zero-order valence-corrected chi connectivity index (χ0v) is 19.0. The number of hydrogen-bond donors (Lipinski definition) is 0. The van der Waals surface area contributed by atoms with Gasteiger partial charge in [0.1, 0.15) is 17.0 Å². The van der Waals surface area contributed by atoms with Gasteiger partial charge >= 0.3 is 5.97 Å². The van der Waals surface area contributed by atoms with Crippen LogP contribution in [0.15, 0.2) is 23.1 Å². The number of nitrogens with zero attached hydrogens (tertiary/aromatic N) is 1. The van der Waals surface area contributed by atoms with E-state index in [1.165, 1.54) is 23.1 Å². The number of carbonyl (C=O) groups excluding carboxylic acids is 2. The molecule has 6 nitrogen and oxygen atoms in total. The average molecular weight is 450 g/mol. The highest BCUT2D eigenvalue weighted by Gasteiger charge is 2.34. The van der Waals surface area contributed by atoms with E-state index in [-0.39, 0.29) is 18.6 Å². The molecule has 1 aliphatic carbocycles. The number of thiocarbonyl (C=S) groups is 1. The molecular weight excluding hydrogens is 422 g/mol. The maximum atomic E-state index is 12.8. The Hall–Kier alpha value is -2.06. The molecule has 2 fully saturated rings. The summed E-state index contributed by atoms with van der Waals surface area (Å²) in [5.74, 6) is 0.603. The van der Waals surface area contributed by atoms with Gasteiger partial charge in [-0.05, 0) is 63.3 Å². The molecule has 162 valence electrons. The van der Waals surface area contributed by atoms with Gasteiger partial charge in [0, 0.05) is 0 Å². The summed E-state index contributed by atoms with van der Waals surface area (Å²) < 4.78 is 17.1. The van der Waals surface area contributed by atoms with Crippen LogP contribution in [0.25, 0.3) is 6.08 Å². The molecule has 0 N–H and O–H groups in total. The molecule has 1 saturated heterocycles. The van der Waals surface area contributed by atoms with Crippen molar-refractivity contribution in [2.45, 2.75) is 52.1 Å². The first-order chi connectivity index (χ1) is 14.5. The lowest BCUT2D eigenvalue weighted by Crippen LogP contribution is -2.36. The second-order valence-corrected chi connectivity index (χ2v) is 8.77. The van der Waals surface area contributed by atoms with E-state index in [2.05, 4.69) is 0 Å². The largest absolute Gasteiger partial charge is 0.490 e. The number of hydrogen-bond acceptors (Lipinski definition) is 7. The van der Waals surface area contributed by atoms with Crippen molar-refractivity contribution in [3.8, 4) is 11.5 Å². The van der Waals surface area contributed by atoms with E-state index in [0.717, 1.165) is 31.2 Å². The van der Waals surface area contributed by atoms with E-state index < -0.39 is 5.97 Å². The predicted octanol–water partition coefficient (Wildman–Crippen LogP) is 4.56. The van der Waals surface area contributed by atoms with Gasteiger partial charge in [0.05, 0.1) is 18.1 Å². The fraction of sp³-hybridized carbons (Fsp3) is 0.500. The molecule has 0 unspecified atom stereocenters. The molecule has 1 saturated carbocycles. The topological polar surface area (TPSA) is 65.1 Å². The van der Waals surface area contributed by atoms with Crippen LogP contribution >= 0.6 is 24.0 Å². The van der Waals surface area contributed by atoms with Crippen LogP contribution < -0.4 is 9.47 Å². The molecule has 0 radical (unpaired) electrons. The van der Waals surface area contributed by atoms with Crippen molar-refractivity contribution in [3.05, 3.63) is 28.7 Å². The van der Waals surface area contributed by atoms with E-state index in [0.29, 0.717) is 33.9 Å². The van der Waals surface area contributed by atoms with E-state index in [1.54, 1.807) is 6.08 Å². The van der Waals surface area contributed by atoms with Gasteiger partial charge in [-0.1, -0.05) is 36.5 Å². The Morgan fingerprint density at radius 1 is 1.17 bits per heavy atom. The number of ether oxygens (including phenoxy) is 3. The van der Waals surface area contributed by atoms with Crippen LogP contribution in [0.3, 0.4) is 0 Å². The van der Waals surface area contributed by atoms with Crippen molar-refractivity contribution in [3.63, 3.8) is 0 Å². The zero-order chi connectivity index (χ0) is 21.5. The summed E-state index contributed by atoms with van der Waals surface area (Å²) in [5.41, 5.74) is 0.798. The van der Waals surface area contributed by atoms with Gasteiger partial charge in [0.2, 0.25) is 0 Å². The number of esters is 1. The van der Waals surface area contributed by atoms with E-state index >= 15 is 0 Å². The van der Waals surface area contributed by atoms with Crippen LogP contribution in [0.5, 0.6) is 11.5 Å². The third kappa shape index (κ3) is 5.76. The molecule has 3 rings (SSSR count). The molecule has 8 heteroatoms. The van der Waals surface area contributed by atoms with Crippen LogP contribution in [0, 0.1) is 0 Å². The lowest BCUT2D eigenvalue weighted by Gasteiger charge is -2.23. The highest BCUT2D eigenvalue weighted by Crippen LogP contribution is 2.35. The maximum Gasteiger partial charge on any atom is 0.326 e. The van der Waals surface area contributed by atoms with Crippen molar-refractivity contribution in [2.24, 2.45) is 0 Å². The lowest BCUT2D eigenvalue weighted by atomic mass is 9.98. The Morgan fingerprint density at radius 2 is 1.87 bits per heavy atom. The Kier molecular flexibility index (Phi) is 8.16. The molecule has 1 heterocycles. The minimum absolute atomic E-state index is 0.0407. The number of carbonyl (C=O) groups is 2. The monoisotopic (exact) mass is 449 g/mol. The van der Waals surface area contributed by atoms with Crippen molar-refractivity contribution in [1.29, 1.82) is 0 Å². The molecule has 0 atom stereocenters. The van der Waals surface area contributed by atoms with Gasteiger partial charge in [0.25, 0.3) is 5.91 Å². The summed E-state index contributed by atoms with van der Waals surface area (Å²) in [5, 5.41) is 0. The number of amides is 1. The predicted molar refractivity (Wildman–Crippen MR) is 122 cm³/mol. The summed E-state index contributed by atoms with van der Waals surface area (Å²) >= 11 is 6.52. The third-order valence-corrected chi connectivity index (χ3v) is 6.25. The van der Waals surface area contributed by atoms with Gasteiger partial charge in [-0.2, -0.15) is 0 Å². The minimum Gasteiger partial charge on any atom is -0.490 e. The van der Waals surface area contributed by atoms with Crippen molar-refractivity contribution < 1.29 is 23.8 Å². The molecule has 1 amide bonds. The second-order valence-electron chi connectivity index (χ2n) is 7.09. The first-order valence-electron chi connectivity index (χ1n) is 10.4. The Labute approximate surface area is 186 Å². The molecule has 0 bridgehead atoms. The fourth-order valence-electron chi connectivity index (χ4n) is 3.48. The molecule has 1 aromatic carbocycles. The van der Waals surface area contributed by atoms with Gasteiger partial charge < -0.3 is 14.2 Å². The molecule has 1 aliphatic heterocycles. The maximum absolute atomic E-state index is 12.8. The number of thioether (sulfide) groups is 1. The van der Waals surface area contributed by atoms with E-state index in [4.69, 9.17) is 26.4 Å². The van der Waals surface area contributed by atoms with Crippen molar-refractivity contribution >= 4 is 46.3 Å². The van der Waals surface area contributed by atoms with E-state index in [9.17, 15) is 9.59 Å². The number of rotatable bonds is 8. The van der Waals surface area contributed by atoms with Gasteiger partial charge in [-0.25, -0.2) is 0 Å². The van der Waals surface area contributed by atoms with Crippen LogP contribution in [-0.2, 0) is 14.3 Å². The lowest BCUT2D eigenvalue weighted by molar-refractivity contribution is -0.152. The third-order valence-electron chi connectivity index (χ3n) is 4.88. The van der Waals surface area contributed by atoms with Crippen molar-refractivity contribution in [2.75, 3.05) is 19.8 Å². The van der Waals surface area contributed by atoms with Crippen LogP contribution in [0.1, 0.15) is 51.5 Å². The smallest absolute Gasteiger partial charge is 0.326 e. The van der Waals surface area contributed by atoms with Crippen LogP contribution in [-0.4, -0.2) is 47.0 Å². The van der Waals surface area contributed by atoms with Crippen molar-refractivity contribution in [1.82, 2.24) is 4.90 Å². The average Bonchev–Trinajstić information content (AvgIpc) is 2.98. The standard InChI is InChI=1S/C22H27NO5S2/c1-3-26-17-11-10-15(12-18(17)27-4-2)13-19-21(25)23(22(29)30-19)14-20(24)28-16-8-6-5-7-9-16/h10-13,16H,3-9,14H2,1-2H3/b19-13-. The van der Waals surface area contributed by atoms with Crippen LogP contribution in [0.4, 0.5) is 0 Å². The van der Waals surface area contributed by atoms with Gasteiger partial charge in [0.15, 0.2) is 11.5 Å². The summed E-state index contributed by atoms with van der Waals surface area (Å²) in [6.07, 6.45) is 6.84. The minimum atomic E-state index is -0.404.